The summed E-state index contributed by atoms with van der Waals surface area (Å²) < 4.78 is 5.16. The molecule has 0 heterocycles. The molecule has 0 radical (unpaired) electrons. The monoisotopic (exact) mass is 249 g/mol. The third-order valence-corrected chi connectivity index (χ3v) is 3.06. The van der Waals surface area contributed by atoms with E-state index < -0.39 is 29.4 Å². The van der Waals surface area contributed by atoms with E-state index in [1.807, 2.05) is 13.0 Å². The van der Waals surface area contributed by atoms with Crippen LogP contribution < -0.4 is 5.11 Å². The van der Waals surface area contributed by atoms with E-state index in [0.29, 0.717) is 12.8 Å². The van der Waals surface area contributed by atoms with Gasteiger partial charge in [-0.1, -0.05) is 17.6 Å². The Kier molecular flexibility index (Phi) is 4.18. The molecule has 0 saturated carbocycles. The molecule has 0 aromatic heterocycles. The minimum atomic E-state index is -1.22. The van der Waals surface area contributed by atoms with Crippen LogP contribution in [0.4, 0.5) is 0 Å². The molecule has 0 fully saturated rings. The highest BCUT2D eigenvalue weighted by atomic mass is 16.6. The number of terminal acetylenes is 1. The van der Waals surface area contributed by atoms with Crippen LogP contribution in [0.5, 0.6) is 0 Å². The average Bonchev–Trinajstić information content (AvgIpc) is 2.28. The summed E-state index contributed by atoms with van der Waals surface area (Å²) >= 11 is 0. The molecule has 0 amide bonds. The van der Waals surface area contributed by atoms with Crippen LogP contribution >= 0.6 is 0 Å². The molecule has 4 heteroatoms. The van der Waals surface area contributed by atoms with Crippen LogP contribution in [0.2, 0.25) is 0 Å². The van der Waals surface area contributed by atoms with E-state index in [0.717, 1.165) is 5.57 Å². The first-order valence-corrected chi connectivity index (χ1v) is 5.84. The first-order chi connectivity index (χ1) is 8.26. The van der Waals surface area contributed by atoms with Crippen molar-refractivity contribution in [3.05, 3.63) is 11.6 Å². The first-order valence-electron chi connectivity index (χ1n) is 5.84. The number of rotatable bonds is 3. The number of carboxylic acid groups (broad SMARTS) is 1. The maximum atomic E-state index is 12.0. The van der Waals surface area contributed by atoms with Crippen LogP contribution in [0.25, 0.3) is 0 Å². The summed E-state index contributed by atoms with van der Waals surface area (Å²) in [7, 11) is 0. The second-order valence-corrected chi connectivity index (χ2v) is 5.10. The van der Waals surface area contributed by atoms with Gasteiger partial charge in [-0.25, -0.2) is 0 Å². The zero-order valence-corrected chi connectivity index (χ0v) is 10.9. The van der Waals surface area contributed by atoms with Crippen molar-refractivity contribution < 1.29 is 19.4 Å². The first kappa shape index (κ1) is 14.3. The number of ether oxygens (including phenoxy) is 1. The Morgan fingerprint density at radius 2 is 2.11 bits per heavy atom. The normalized spacial score (nSPS) is 23.8. The highest BCUT2D eigenvalue weighted by molar-refractivity contribution is 5.81. The molecular weight excluding hydrogens is 232 g/mol. The summed E-state index contributed by atoms with van der Waals surface area (Å²) in [5.74, 6) is -1.00. The van der Waals surface area contributed by atoms with E-state index in [4.69, 9.17) is 11.2 Å². The van der Waals surface area contributed by atoms with Gasteiger partial charge in [0.05, 0.1) is 5.92 Å². The molecule has 0 saturated heterocycles. The van der Waals surface area contributed by atoms with Crippen molar-refractivity contribution in [2.75, 3.05) is 0 Å². The zero-order chi connectivity index (χ0) is 13.9. The zero-order valence-electron chi connectivity index (χ0n) is 10.9. The second kappa shape index (κ2) is 5.26. The lowest BCUT2D eigenvalue weighted by Crippen LogP contribution is -2.42. The van der Waals surface area contributed by atoms with Gasteiger partial charge in [-0.15, -0.1) is 6.42 Å². The number of aliphatic carboxylic acids is 1. The van der Waals surface area contributed by atoms with Gasteiger partial charge >= 0.3 is 5.97 Å². The van der Waals surface area contributed by atoms with E-state index in [2.05, 4.69) is 5.92 Å². The third-order valence-electron chi connectivity index (χ3n) is 3.06. The Bertz CT molecular complexity index is 426. The lowest BCUT2D eigenvalue weighted by atomic mass is 9.80. The molecule has 2 atom stereocenters. The Morgan fingerprint density at radius 3 is 2.61 bits per heavy atom. The number of carboxylic acids is 1. The molecule has 0 N–H and O–H groups in total. The van der Waals surface area contributed by atoms with Crippen LogP contribution in [0.3, 0.4) is 0 Å². The minimum absolute atomic E-state index is 0.296. The van der Waals surface area contributed by atoms with Crippen molar-refractivity contribution in [3.8, 4) is 12.3 Å². The predicted molar refractivity (Wildman–Crippen MR) is 64.0 cm³/mol. The smallest absolute Gasteiger partial charge is 0.311 e. The van der Waals surface area contributed by atoms with E-state index in [9.17, 15) is 14.7 Å². The standard InChI is InChI=1S/C14H18O4/c1-5-14(3,4)18-13(17)11-8-9(2)6-7-10(11)12(15)16/h1,6,10-11H,7-8H2,2-4H3,(H,15,16)/p-1/t10-,11+/m0/s1. The third kappa shape index (κ3) is 3.36. The van der Waals surface area contributed by atoms with Gasteiger partial charge in [0.2, 0.25) is 0 Å². The topological polar surface area (TPSA) is 66.4 Å². The van der Waals surface area contributed by atoms with E-state index >= 15 is 0 Å². The van der Waals surface area contributed by atoms with E-state index in [1.54, 1.807) is 13.8 Å². The maximum Gasteiger partial charge on any atom is 0.311 e. The van der Waals surface area contributed by atoms with E-state index in [1.165, 1.54) is 0 Å². The number of hydrogen-bond donors (Lipinski definition) is 0. The molecule has 0 aromatic carbocycles. The number of hydrogen-bond acceptors (Lipinski definition) is 4. The van der Waals surface area contributed by atoms with Gasteiger partial charge in [0, 0.05) is 11.9 Å². The summed E-state index contributed by atoms with van der Waals surface area (Å²) in [6.45, 7) is 5.03. The molecule has 1 rings (SSSR count). The van der Waals surface area contributed by atoms with Gasteiger partial charge in [-0.3, -0.25) is 4.79 Å². The highest BCUT2D eigenvalue weighted by Crippen LogP contribution is 2.31. The fraction of sp³-hybridized carbons (Fsp3) is 0.571. The van der Waals surface area contributed by atoms with Crippen molar-refractivity contribution in [1.29, 1.82) is 0 Å². The van der Waals surface area contributed by atoms with Gasteiger partial charge in [0.15, 0.2) is 5.60 Å². The van der Waals surface area contributed by atoms with Crippen molar-refractivity contribution in [3.63, 3.8) is 0 Å². The van der Waals surface area contributed by atoms with Gasteiger partial charge in [0.25, 0.3) is 0 Å². The van der Waals surface area contributed by atoms with Crippen LogP contribution in [0.1, 0.15) is 33.6 Å². The molecule has 1 aliphatic rings. The lowest BCUT2D eigenvalue weighted by molar-refractivity contribution is -0.313. The summed E-state index contributed by atoms with van der Waals surface area (Å²) in [5, 5.41) is 11.0. The predicted octanol–water partition coefficient (Wildman–Crippen LogP) is 0.664. The average molecular weight is 249 g/mol. The Labute approximate surface area is 107 Å². The Balaban J connectivity index is 2.86. The summed E-state index contributed by atoms with van der Waals surface area (Å²) in [4.78, 5) is 23.0. The van der Waals surface area contributed by atoms with Gasteiger partial charge in [-0.05, 0) is 33.6 Å². The molecule has 0 aromatic rings. The summed E-state index contributed by atoms with van der Waals surface area (Å²) in [6.07, 6.45) is 7.72. The SMILES string of the molecule is C#CC(C)(C)OC(=O)[C@@H]1CC(C)=CC[C@@H]1C(=O)[O-]. The molecule has 1 aliphatic carbocycles. The van der Waals surface area contributed by atoms with E-state index in [-0.39, 0.29) is 0 Å². The second-order valence-electron chi connectivity index (χ2n) is 5.10. The minimum Gasteiger partial charge on any atom is -0.550 e. The van der Waals surface area contributed by atoms with Crippen molar-refractivity contribution in [2.45, 2.75) is 39.2 Å². The number of allylic oxidation sites excluding steroid dienone is 2. The van der Waals surface area contributed by atoms with Gasteiger partial charge in [-0.2, -0.15) is 0 Å². The molecule has 0 unspecified atom stereocenters. The molecule has 0 bridgehead atoms. The van der Waals surface area contributed by atoms with Crippen LogP contribution in [0, 0.1) is 24.2 Å². The number of esters is 1. The molecular formula is C14H17O4-. The van der Waals surface area contributed by atoms with Gasteiger partial charge in [0.1, 0.15) is 0 Å². The number of carbonyl (C=O) groups excluding carboxylic acids is 2. The molecule has 18 heavy (non-hydrogen) atoms. The largest absolute Gasteiger partial charge is 0.550 e. The quantitative estimate of drug-likeness (QED) is 0.419. The van der Waals surface area contributed by atoms with Crippen LogP contribution in [0.15, 0.2) is 11.6 Å². The molecule has 0 aliphatic heterocycles. The highest BCUT2D eigenvalue weighted by Gasteiger charge is 2.35. The van der Waals surface area contributed by atoms with Crippen molar-refractivity contribution in [2.24, 2.45) is 11.8 Å². The fourth-order valence-corrected chi connectivity index (χ4v) is 1.93. The van der Waals surface area contributed by atoms with Crippen LogP contribution in [-0.2, 0) is 14.3 Å². The Morgan fingerprint density at radius 1 is 1.50 bits per heavy atom. The summed E-state index contributed by atoms with van der Waals surface area (Å²) in [5.41, 5.74) is -0.0456. The number of carbonyl (C=O) groups is 2. The van der Waals surface area contributed by atoms with Crippen LogP contribution in [-0.4, -0.2) is 17.5 Å². The van der Waals surface area contributed by atoms with Crippen molar-refractivity contribution in [1.82, 2.24) is 0 Å². The Hall–Kier alpha value is -1.76. The fourth-order valence-electron chi connectivity index (χ4n) is 1.93. The summed E-state index contributed by atoms with van der Waals surface area (Å²) in [6, 6.07) is 0. The maximum absolute atomic E-state index is 12.0. The van der Waals surface area contributed by atoms with Crippen molar-refractivity contribution >= 4 is 11.9 Å². The molecule has 4 nitrogen and oxygen atoms in total. The lowest BCUT2D eigenvalue weighted by Gasteiger charge is -2.31. The van der Waals surface area contributed by atoms with Gasteiger partial charge < -0.3 is 14.6 Å². The molecule has 98 valence electrons. The molecule has 0 spiro atoms.